The maximum Gasteiger partial charge on any atom is 0.151 e. The molecular weight excluding hydrogens is 237 g/mol. The minimum atomic E-state index is -0.324. The van der Waals surface area contributed by atoms with E-state index in [1.165, 1.54) is 17.5 Å². The lowest BCUT2D eigenvalue weighted by Gasteiger charge is -1.98. The SMILES string of the molecule is CCCNCc1cnc(-c2ccncc2F)s1. The number of rotatable bonds is 5. The quantitative estimate of drug-likeness (QED) is 0.830. The molecule has 0 aromatic carbocycles. The van der Waals surface area contributed by atoms with Crippen LogP contribution in [0.25, 0.3) is 10.6 Å². The minimum Gasteiger partial charge on any atom is -0.312 e. The molecule has 1 N–H and O–H groups in total. The van der Waals surface area contributed by atoms with Crippen LogP contribution in [0.1, 0.15) is 18.2 Å². The van der Waals surface area contributed by atoms with E-state index < -0.39 is 0 Å². The first-order valence-electron chi connectivity index (χ1n) is 5.56. The van der Waals surface area contributed by atoms with E-state index in [1.54, 1.807) is 18.5 Å². The fourth-order valence-electron chi connectivity index (χ4n) is 1.45. The lowest BCUT2D eigenvalue weighted by molar-refractivity contribution is 0.625. The molecule has 0 unspecified atom stereocenters. The molecule has 2 aromatic rings. The molecule has 17 heavy (non-hydrogen) atoms. The minimum absolute atomic E-state index is 0.324. The van der Waals surface area contributed by atoms with Crippen molar-refractivity contribution in [2.75, 3.05) is 6.54 Å². The Hall–Kier alpha value is -1.33. The molecule has 0 saturated heterocycles. The van der Waals surface area contributed by atoms with Gasteiger partial charge in [0.15, 0.2) is 5.82 Å². The highest BCUT2D eigenvalue weighted by molar-refractivity contribution is 7.15. The van der Waals surface area contributed by atoms with Gasteiger partial charge in [0, 0.05) is 29.4 Å². The van der Waals surface area contributed by atoms with Gasteiger partial charge in [-0.2, -0.15) is 0 Å². The highest BCUT2D eigenvalue weighted by Gasteiger charge is 2.09. The summed E-state index contributed by atoms with van der Waals surface area (Å²) in [6, 6.07) is 1.65. The Balaban J connectivity index is 2.10. The Morgan fingerprint density at radius 1 is 1.41 bits per heavy atom. The van der Waals surface area contributed by atoms with Crippen molar-refractivity contribution in [1.82, 2.24) is 15.3 Å². The van der Waals surface area contributed by atoms with Gasteiger partial charge >= 0.3 is 0 Å². The number of hydrogen-bond acceptors (Lipinski definition) is 4. The molecule has 90 valence electrons. The number of aromatic nitrogens is 2. The molecule has 2 rings (SSSR count). The molecule has 0 amide bonds. The molecule has 0 saturated carbocycles. The van der Waals surface area contributed by atoms with E-state index in [1.807, 2.05) is 0 Å². The molecule has 0 aliphatic carbocycles. The van der Waals surface area contributed by atoms with Crippen molar-refractivity contribution in [1.29, 1.82) is 0 Å². The van der Waals surface area contributed by atoms with Crippen LogP contribution in [0.2, 0.25) is 0 Å². The molecule has 2 aromatic heterocycles. The summed E-state index contributed by atoms with van der Waals surface area (Å²) in [4.78, 5) is 9.08. The zero-order chi connectivity index (χ0) is 12.1. The van der Waals surface area contributed by atoms with Crippen LogP contribution in [-0.2, 0) is 6.54 Å². The standard InChI is InChI=1S/C12H14FN3S/c1-2-4-14-6-9-7-16-12(17-9)10-3-5-15-8-11(10)13/h3,5,7-8,14H,2,4,6H2,1H3. The van der Waals surface area contributed by atoms with Crippen LogP contribution < -0.4 is 5.32 Å². The summed E-state index contributed by atoms with van der Waals surface area (Å²) in [7, 11) is 0. The Morgan fingerprint density at radius 3 is 3.06 bits per heavy atom. The van der Waals surface area contributed by atoms with E-state index in [4.69, 9.17) is 0 Å². The second kappa shape index (κ2) is 5.84. The van der Waals surface area contributed by atoms with Crippen LogP contribution in [0.15, 0.2) is 24.7 Å². The van der Waals surface area contributed by atoms with E-state index in [0.29, 0.717) is 10.6 Å². The van der Waals surface area contributed by atoms with Crippen molar-refractivity contribution < 1.29 is 4.39 Å². The van der Waals surface area contributed by atoms with Gasteiger partial charge in [0.2, 0.25) is 0 Å². The molecule has 0 spiro atoms. The molecule has 0 fully saturated rings. The highest BCUT2D eigenvalue weighted by Crippen LogP contribution is 2.26. The van der Waals surface area contributed by atoms with Crippen LogP contribution in [0.3, 0.4) is 0 Å². The molecular formula is C12H14FN3S. The van der Waals surface area contributed by atoms with Crippen LogP contribution in [0.4, 0.5) is 4.39 Å². The van der Waals surface area contributed by atoms with Gasteiger partial charge in [0.05, 0.1) is 6.20 Å². The van der Waals surface area contributed by atoms with Crippen LogP contribution in [0, 0.1) is 5.82 Å². The maximum absolute atomic E-state index is 13.5. The third-order valence-corrected chi connectivity index (χ3v) is 3.31. The van der Waals surface area contributed by atoms with E-state index >= 15 is 0 Å². The Morgan fingerprint density at radius 2 is 2.29 bits per heavy atom. The summed E-state index contributed by atoms with van der Waals surface area (Å²) in [6.07, 6.45) is 5.69. The van der Waals surface area contributed by atoms with Crippen LogP contribution >= 0.6 is 11.3 Å². The van der Waals surface area contributed by atoms with Crippen LogP contribution in [0.5, 0.6) is 0 Å². The summed E-state index contributed by atoms with van der Waals surface area (Å²) in [5.74, 6) is -0.324. The normalized spacial score (nSPS) is 10.7. The number of nitrogens with zero attached hydrogens (tertiary/aromatic N) is 2. The summed E-state index contributed by atoms with van der Waals surface area (Å²) in [5.41, 5.74) is 0.520. The first kappa shape index (κ1) is 12.1. The first-order chi connectivity index (χ1) is 8.31. The highest BCUT2D eigenvalue weighted by atomic mass is 32.1. The lowest BCUT2D eigenvalue weighted by Crippen LogP contribution is -2.12. The lowest BCUT2D eigenvalue weighted by atomic mass is 10.3. The molecule has 0 aliphatic heterocycles. The maximum atomic E-state index is 13.5. The molecule has 0 bridgehead atoms. The van der Waals surface area contributed by atoms with E-state index in [0.717, 1.165) is 24.4 Å². The Kier molecular flexibility index (Phi) is 4.17. The molecule has 5 heteroatoms. The second-order valence-electron chi connectivity index (χ2n) is 3.66. The summed E-state index contributed by atoms with van der Waals surface area (Å²) >= 11 is 1.51. The van der Waals surface area contributed by atoms with Gasteiger partial charge in [-0.05, 0) is 19.0 Å². The fourth-order valence-corrected chi connectivity index (χ4v) is 2.36. The number of hydrogen-bond donors (Lipinski definition) is 1. The average Bonchev–Trinajstić information content (AvgIpc) is 2.79. The van der Waals surface area contributed by atoms with E-state index in [9.17, 15) is 4.39 Å². The third kappa shape index (κ3) is 3.08. The predicted octanol–water partition coefficient (Wildman–Crippen LogP) is 2.84. The van der Waals surface area contributed by atoms with Crippen molar-refractivity contribution in [2.45, 2.75) is 19.9 Å². The van der Waals surface area contributed by atoms with Gasteiger partial charge in [-0.1, -0.05) is 6.92 Å². The number of pyridine rings is 1. The van der Waals surface area contributed by atoms with Gasteiger partial charge in [-0.3, -0.25) is 4.98 Å². The smallest absolute Gasteiger partial charge is 0.151 e. The van der Waals surface area contributed by atoms with Crippen molar-refractivity contribution in [3.05, 3.63) is 35.4 Å². The molecule has 0 atom stereocenters. The third-order valence-electron chi connectivity index (χ3n) is 2.28. The summed E-state index contributed by atoms with van der Waals surface area (Å²) in [6.45, 7) is 3.90. The monoisotopic (exact) mass is 251 g/mol. The largest absolute Gasteiger partial charge is 0.312 e. The molecule has 3 nitrogen and oxygen atoms in total. The fraction of sp³-hybridized carbons (Fsp3) is 0.333. The van der Waals surface area contributed by atoms with E-state index in [2.05, 4.69) is 22.2 Å². The van der Waals surface area contributed by atoms with Crippen molar-refractivity contribution in [3.63, 3.8) is 0 Å². The Labute approximate surface area is 104 Å². The van der Waals surface area contributed by atoms with Crippen molar-refractivity contribution >= 4 is 11.3 Å². The van der Waals surface area contributed by atoms with Gasteiger partial charge in [0.1, 0.15) is 5.01 Å². The average molecular weight is 251 g/mol. The predicted molar refractivity (Wildman–Crippen MR) is 67.3 cm³/mol. The van der Waals surface area contributed by atoms with Gasteiger partial charge in [-0.25, -0.2) is 9.37 Å². The van der Waals surface area contributed by atoms with Gasteiger partial charge < -0.3 is 5.32 Å². The van der Waals surface area contributed by atoms with Gasteiger partial charge in [0.25, 0.3) is 0 Å². The molecule has 0 radical (unpaired) electrons. The zero-order valence-corrected chi connectivity index (χ0v) is 10.4. The Bertz CT molecular complexity index is 484. The number of thiazole rings is 1. The number of nitrogens with one attached hydrogen (secondary N) is 1. The zero-order valence-electron chi connectivity index (χ0n) is 9.61. The van der Waals surface area contributed by atoms with Crippen molar-refractivity contribution in [2.24, 2.45) is 0 Å². The summed E-state index contributed by atoms with van der Waals surface area (Å²) in [5, 5.41) is 4.00. The first-order valence-corrected chi connectivity index (χ1v) is 6.38. The van der Waals surface area contributed by atoms with Gasteiger partial charge in [-0.15, -0.1) is 11.3 Å². The number of halogens is 1. The van der Waals surface area contributed by atoms with Crippen molar-refractivity contribution in [3.8, 4) is 10.6 Å². The van der Waals surface area contributed by atoms with Crippen LogP contribution in [-0.4, -0.2) is 16.5 Å². The molecule has 0 aliphatic rings. The summed E-state index contributed by atoms with van der Waals surface area (Å²) < 4.78 is 13.5. The van der Waals surface area contributed by atoms with E-state index in [-0.39, 0.29) is 5.82 Å². The second-order valence-corrected chi connectivity index (χ2v) is 4.78. The molecule has 2 heterocycles. The topological polar surface area (TPSA) is 37.8 Å².